The maximum Gasteiger partial charge on any atom is 0.230 e. The van der Waals surface area contributed by atoms with Crippen molar-refractivity contribution in [2.24, 2.45) is 17.6 Å². The van der Waals surface area contributed by atoms with E-state index in [2.05, 4.69) is 0 Å². The standard InChI is InChI=1S/C15H19ClN2O.ClH/c16-13-5-2-6-14-12(13)7-8-18(14)15(19)11-4-1-3-10(11)9-17;/h2,5-6,10-11H,1,3-4,7-9,17H2;1H/t10-,11-;/m1./s1. The van der Waals surface area contributed by atoms with Gasteiger partial charge in [0.1, 0.15) is 0 Å². The molecule has 1 amide bonds. The van der Waals surface area contributed by atoms with Crippen LogP contribution in [0.15, 0.2) is 18.2 Å². The summed E-state index contributed by atoms with van der Waals surface area (Å²) < 4.78 is 0. The summed E-state index contributed by atoms with van der Waals surface area (Å²) in [4.78, 5) is 14.6. The van der Waals surface area contributed by atoms with E-state index in [4.69, 9.17) is 17.3 Å². The van der Waals surface area contributed by atoms with E-state index >= 15 is 0 Å². The summed E-state index contributed by atoms with van der Waals surface area (Å²) in [5, 5.41) is 0.773. The number of halogens is 2. The zero-order valence-electron chi connectivity index (χ0n) is 11.3. The van der Waals surface area contributed by atoms with E-state index in [0.29, 0.717) is 12.5 Å². The minimum absolute atomic E-state index is 0. The Bertz CT molecular complexity index is 507. The van der Waals surface area contributed by atoms with Crippen molar-refractivity contribution in [2.45, 2.75) is 25.7 Å². The van der Waals surface area contributed by atoms with E-state index in [1.807, 2.05) is 23.1 Å². The number of carbonyl (C=O) groups is 1. The molecule has 0 spiro atoms. The van der Waals surface area contributed by atoms with Gasteiger partial charge >= 0.3 is 0 Å². The van der Waals surface area contributed by atoms with Gasteiger partial charge in [0.15, 0.2) is 0 Å². The van der Waals surface area contributed by atoms with Crippen LogP contribution in [0.4, 0.5) is 5.69 Å². The summed E-state index contributed by atoms with van der Waals surface area (Å²) >= 11 is 6.20. The fourth-order valence-corrected chi connectivity index (χ4v) is 3.73. The van der Waals surface area contributed by atoms with Gasteiger partial charge in [0, 0.05) is 23.2 Å². The second-order valence-electron chi connectivity index (χ2n) is 5.51. The molecule has 2 atom stereocenters. The molecule has 1 aliphatic heterocycles. The minimum Gasteiger partial charge on any atom is -0.330 e. The maximum absolute atomic E-state index is 12.7. The van der Waals surface area contributed by atoms with Crippen molar-refractivity contribution < 1.29 is 4.79 Å². The molecule has 1 aromatic rings. The Morgan fingerprint density at radius 2 is 2.20 bits per heavy atom. The molecule has 110 valence electrons. The highest BCUT2D eigenvalue weighted by atomic mass is 35.5. The summed E-state index contributed by atoms with van der Waals surface area (Å²) in [6, 6.07) is 5.81. The number of amides is 1. The normalized spacial score (nSPS) is 24.4. The lowest BCUT2D eigenvalue weighted by molar-refractivity contribution is -0.123. The molecule has 2 N–H and O–H groups in total. The summed E-state index contributed by atoms with van der Waals surface area (Å²) in [6.45, 7) is 1.37. The molecule has 1 saturated carbocycles. The Morgan fingerprint density at radius 1 is 1.40 bits per heavy atom. The molecule has 0 saturated heterocycles. The third-order valence-electron chi connectivity index (χ3n) is 4.52. The molecule has 1 aromatic carbocycles. The first kappa shape index (κ1) is 15.6. The van der Waals surface area contributed by atoms with E-state index in [-0.39, 0.29) is 24.2 Å². The SMILES string of the molecule is Cl.NC[C@H]1CCC[C@H]1C(=O)N1CCc2c(Cl)cccc21. The fourth-order valence-electron chi connectivity index (χ4n) is 3.46. The zero-order chi connectivity index (χ0) is 13.4. The van der Waals surface area contributed by atoms with Crippen molar-refractivity contribution in [3.05, 3.63) is 28.8 Å². The van der Waals surface area contributed by atoms with Gasteiger partial charge in [-0.25, -0.2) is 0 Å². The molecular formula is C15H20Cl2N2O. The number of carbonyl (C=O) groups excluding carboxylic acids is 1. The molecule has 3 rings (SSSR count). The van der Waals surface area contributed by atoms with Crippen LogP contribution in [0.25, 0.3) is 0 Å². The molecule has 0 unspecified atom stereocenters. The Balaban J connectivity index is 0.00000147. The monoisotopic (exact) mass is 314 g/mol. The van der Waals surface area contributed by atoms with Crippen LogP contribution in [0.1, 0.15) is 24.8 Å². The highest BCUT2D eigenvalue weighted by Gasteiger charge is 2.37. The highest BCUT2D eigenvalue weighted by Crippen LogP contribution is 2.38. The number of benzene rings is 1. The quantitative estimate of drug-likeness (QED) is 0.912. The Morgan fingerprint density at radius 3 is 2.95 bits per heavy atom. The number of anilines is 1. The van der Waals surface area contributed by atoms with E-state index in [9.17, 15) is 4.79 Å². The first-order chi connectivity index (χ1) is 9.22. The van der Waals surface area contributed by atoms with Crippen molar-refractivity contribution in [1.82, 2.24) is 0 Å². The van der Waals surface area contributed by atoms with Gasteiger partial charge in [-0.15, -0.1) is 12.4 Å². The lowest BCUT2D eigenvalue weighted by Gasteiger charge is -2.24. The van der Waals surface area contributed by atoms with Crippen LogP contribution in [0.3, 0.4) is 0 Å². The van der Waals surface area contributed by atoms with Gasteiger partial charge in [-0.1, -0.05) is 24.1 Å². The summed E-state index contributed by atoms with van der Waals surface area (Å²) in [5.74, 6) is 0.708. The molecule has 0 bridgehead atoms. The molecule has 0 radical (unpaired) electrons. The lowest BCUT2D eigenvalue weighted by Crippen LogP contribution is -2.38. The van der Waals surface area contributed by atoms with Crippen LogP contribution < -0.4 is 10.6 Å². The van der Waals surface area contributed by atoms with Crippen LogP contribution in [0.5, 0.6) is 0 Å². The van der Waals surface area contributed by atoms with Gasteiger partial charge in [-0.05, 0) is 49.4 Å². The second-order valence-corrected chi connectivity index (χ2v) is 5.92. The van der Waals surface area contributed by atoms with Gasteiger partial charge in [-0.2, -0.15) is 0 Å². The summed E-state index contributed by atoms with van der Waals surface area (Å²) in [6.07, 6.45) is 4.05. The van der Waals surface area contributed by atoms with Crippen molar-refractivity contribution in [3.8, 4) is 0 Å². The van der Waals surface area contributed by atoms with Crippen molar-refractivity contribution >= 4 is 35.6 Å². The van der Waals surface area contributed by atoms with Gasteiger partial charge in [0.2, 0.25) is 5.91 Å². The second kappa shape index (κ2) is 6.33. The molecule has 5 heteroatoms. The zero-order valence-corrected chi connectivity index (χ0v) is 12.9. The Kier molecular flexibility index (Phi) is 4.95. The number of hydrogen-bond acceptors (Lipinski definition) is 2. The minimum atomic E-state index is 0. The van der Waals surface area contributed by atoms with Gasteiger partial charge in [-0.3, -0.25) is 4.79 Å². The van der Waals surface area contributed by atoms with Gasteiger partial charge in [0.05, 0.1) is 0 Å². The topological polar surface area (TPSA) is 46.3 Å². The van der Waals surface area contributed by atoms with E-state index in [1.165, 1.54) is 0 Å². The third kappa shape index (κ3) is 2.54. The summed E-state index contributed by atoms with van der Waals surface area (Å²) in [7, 11) is 0. The van der Waals surface area contributed by atoms with Gasteiger partial charge in [0.25, 0.3) is 0 Å². The number of fused-ring (bicyclic) bond motifs is 1. The van der Waals surface area contributed by atoms with Crippen LogP contribution in [0.2, 0.25) is 5.02 Å². The molecule has 0 aromatic heterocycles. The maximum atomic E-state index is 12.7. The van der Waals surface area contributed by atoms with E-state index in [1.54, 1.807) is 0 Å². The average Bonchev–Trinajstić information content (AvgIpc) is 3.05. The molecule has 1 aliphatic carbocycles. The average molecular weight is 315 g/mol. The van der Waals surface area contributed by atoms with Crippen molar-refractivity contribution in [3.63, 3.8) is 0 Å². The Hall–Kier alpha value is -0.770. The molecule has 1 heterocycles. The lowest BCUT2D eigenvalue weighted by atomic mass is 9.94. The number of hydrogen-bond donors (Lipinski definition) is 1. The summed E-state index contributed by atoms with van der Waals surface area (Å²) in [5.41, 5.74) is 7.90. The molecule has 20 heavy (non-hydrogen) atoms. The van der Waals surface area contributed by atoms with Crippen molar-refractivity contribution in [2.75, 3.05) is 18.0 Å². The number of nitrogens with two attached hydrogens (primary N) is 1. The number of rotatable bonds is 2. The highest BCUT2D eigenvalue weighted by molar-refractivity contribution is 6.32. The van der Waals surface area contributed by atoms with Crippen LogP contribution in [0, 0.1) is 11.8 Å². The third-order valence-corrected chi connectivity index (χ3v) is 4.87. The molecular weight excluding hydrogens is 295 g/mol. The first-order valence-corrected chi connectivity index (χ1v) is 7.39. The van der Waals surface area contributed by atoms with Crippen LogP contribution in [-0.2, 0) is 11.2 Å². The van der Waals surface area contributed by atoms with Crippen LogP contribution >= 0.6 is 24.0 Å². The smallest absolute Gasteiger partial charge is 0.230 e. The predicted molar refractivity (Wildman–Crippen MR) is 84.6 cm³/mol. The predicted octanol–water partition coefficient (Wildman–Crippen LogP) is 3.03. The Labute approximate surface area is 130 Å². The first-order valence-electron chi connectivity index (χ1n) is 7.01. The van der Waals surface area contributed by atoms with Gasteiger partial charge < -0.3 is 10.6 Å². The van der Waals surface area contributed by atoms with E-state index < -0.39 is 0 Å². The van der Waals surface area contributed by atoms with Crippen molar-refractivity contribution in [1.29, 1.82) is 0 Å². The van der Waals surface area contributed by atoms with Crippen LogP contribution in [-0.4, -0.2) is 19.0 Å². The molecule has 1 fully saturated rings. The van der Waals surface area contributed by atoms with E-state index in [0.717, 1.165) is 48.5 Å². The fraction of sp³-hybridized carbons (Fsp3) is 0.533. The number of nitrogens with zero attached hydrogens (tertiary/aromatic N) is 1. The molecule has 2 aliphatic rings. The molecule has 3 nitrogen and oxygen atoms in total. The largest absolute Gasteiger partial charge is 0.330 e.